The second-order valence-electron chi connectivity index (χ2n) is 5.77. The quantitative estimate of drug-likeness (QED) is 0.760. The predicted octanol–water partition coefficient (Wildman–Crippen LogP) is 2.96. The van der Waals surface area contributed by atoms with E-state index in [9.17, 15) is 22.8 Å². The molecule has 0 spiro atoms. The number of carbonyl (C=O) groups is 2. The lowest BCUT2D eigenvalue weighted by Gasteiger charge is -2.25. The minimum Gasteiger partial charge on any atom is -0.480 e. The molecule has 1 aromatic carbocycles. The molecule has 0 saturated carbocycles. The van der Waals surface area contributed by atoms with Gasteiger partial charge in [0.05, 0.1) is 0 Å². The van der Waals surface area contributed by atoms with Gasteiger partial charge in [-0.05, 0) is 25.5 Å². The molecule has 8 heteroatoms. The van der Waals surface area contributed by atoms with E-state index in [-0.39, 0.29) is 6.04 Å². The molecule has 0 radical (unpaired) electrons. The van der Waals surface area contributed by atoms with E-state index in [0.717, 1.165) is 19.1 Å². The van der Waals surface area contributed by atoms with E-state index >= 15 is 0 Å². The van der Waals surface area contributed by atoms with Gasteiger partial charge in [0, 0.05) is 6.04 Å². The van der Waals surface area contributed by atoms with Crippen molar-refractivity contribution in [1.82, 2.24) is 5.32 Å². The molecule has 0 fully saturated rings. The number of carbonyl (C=O) groups excluding carboxylic acids is 1. The standard InChI is InChI=1S/C10H10F3NO3.C8H11N/c1-5(9(16)17)14-8(15)6-3-2-4-7(11)10(6,12)13;1-7(9)8-5-3-2-4-6-8/h2-6H,1H3,(H,14,15)(H,16,17);2-7H,9H2,1H3/t5-,6?;7-/m01/s1. The Morgan fingerprint density at radius 3 is 2.27 bits per heavy atom. The number of allylic oxidation sites excluding steroid dienone is 3. The molecule has 1 aliphatic carbocycles. The number of carboxylic acid groups (broad SMARTS) is 1. The summed E-state index contributed by atoms with van der Waals surface area (Å²) in [5, 5.41) is 10.4. The van der Waals surface area contributed by atoms with Crippen LogP contribution in [-0.4, -0.2) is 28.9 Å². The van der Waals surface area contributed by atoms with Crippen molar-refractivity contribution in [3.63, 3.8) is 0 Å². The Hall–Kier alpha value is -2.61. The first kappa shape index (κ1) is 21.4. The van der Waals surface area contributed by atoms with Crippen molar-refractivity contribution in [3.8, 4) is 0 Å². The molecular weight excluding hydrogens is 349 g/mol. The number of halogens is 3. The predicted molar refractivity (Wildman–Crippen MR) is 91.1 cm³/mol. The van der Waals surface area contributed by atoms with E-state index in [2.05, 4.69) is 0 Å². The first-order chi connectivity index (χ1) is 12.1. The molecule has 26 heavy (non-hydrogen) atoms. The van der Waals surface area contributed by atoms with Crippen LogP contribution in [0.2, 0.25) is 0 Å². The Morgan fingerprint density at radius 2 is 1.81 bits per heavy atom. The minimum atomic E-state index is -3.95. The van der Waals surface area contributed by atoms with Crippen LogP contribution in [0.15, 0.2) is 54.4 Å². The third-order valence-electron chi connectivity index (χ3n) is 3.59. The van der Waals surface area contributed by atoms with E-state index in [1.165, 1.54) is 5.56 Å². The normalized spacial score (nSPS) is 20.1. The van der Waals surface area contributed by atoms with Crippen LogP contribution in [0.4, 0.5) is 13.2 Å². The van der Waals surface area contributed by atoms with Gasteiger partial charge in [0.1, 0.15) is 12.0 Å². The number of hydrogen-bond donors (Lipinski definition) is 3. The Morgan fingerprint density at radius 1 is 1.23 bits per heavy atom. The molecule has 2 rings (SSSR count). The summed E-state index contributed by atoms with van der Waals surface area (Å²) < 4.78 is 39.4. The largest absolute Gasteiger partial charge is 0.480 e. The van der Waals surface area contributed by atoms with Gasteiger partial charge in [-0.1, -0.05) is 42.5 Å². The topological polar surface area (TPSA) is 92.4 Å². The molecule has 1 unspecified atom stereocenters. The number of nitrogens with two attached hydrogens (primary N) is 1. The number of carboxylic acids is 1. The third kappa shape index (κ3) is 5.73. The summed E-state index contributed by atoms with van der Waals surface area (Å²) >= 11 is 0. The van der Waals surface area contributed by atoms with Gasteiger partial charge in [0.25, 0.3) is 0 Å². The fraction of sp³-hybridized carbons (Fsp3) is 0.333. The average molecular weight is 370 g/mol. The van der Waals surface area contributed by atoms with Gasteiger partial charge in [0.15, 0.2) is 5.83 Å². The van der Waals surface area contributed by atoms with E-state index < -0.39 is 35.6 Å². The van der Waals surface area contributed by atoms with Crippen molar-refractivity contribution < 1.29 is 27.9 Å². The van der Waals surface area contributed by atoms with Crippen molar-refractivity contribution in [3.05, 3.63) is 60.0 Å². The molecule has 0 saturated heterocycles. The number of amides is 1. The molecule has 3 atom stereocenters. The first-order valence-corrected chi connectivity index (χ1v) is 7.83. The van der Waals surface area contributed by atoms with Gasteiger partial charge in [-0.25, -0.2) is 4.39 Å². The zero-order valence-corrected chi connectivity index (χ0v) is 14.3. The van der Waals surface area contributed by atoms with Gasteiger partial charge < -0.3 is 16.2 Å². The zero-order valence-electron chi connectivity index (χ0n) is 14.3. The van der Waals surface area contributed by atoms with Crippen LogP contribution >= 0.6 is 0 Å². The van der Waals surface area contributed by atoms with Crippen molar-refractivity contribution in [2.45, 2.75) is 31.9 Å². The van der Waals surface area contributed by atoms with E-state index in [4.69, 9.17) is 10.8 Å². The van der Waals surface area contributed by atoms with E-state index in [1.807, 2.05) is 42.6 Å². The number of benzene rings is 1. The monoisotopic (exact) mass is 370 g/mol. The van der Waals surface area contributed by atoms with Gasteiger partial charge in [-0.15, -0.1) is 0 Å². The molecule has 4 N–H and O–H groups in total. The summed E-state index contributed by atoms with van der Waals surface area (Å²) in [6.07, 6.45) is 2.37. The highest BCUT2D eigenvalue weighted by Crippen LogP contribution is 2.37. The van der Waals surface area contributed by atoms with Crippen LogP contribution in [0.25, 0.3) is 0 Å². The summed E-state index contributed by atoms with van der Waals surface area (Å²) in [5.41, 5.74) is 6.81. The number of nitrogens with one attached hydrogen (secondary N) is 1. The zero-order chi connectivity index (χ0) is 19.9. The molecule has 5 nitrogen and oxygen atoms in total. The Bertz CT molecular complexity index is 688. The van der Waals surface area contributed by atoms with Crippen LogP contribution in [0, 0.1) is 5.92 Å². The lowest BCUT2D eigenvalue weighted by Crippen LogP contribution is -2.47. The number of alkyl halides is 2. The van der Waals surface area contributed by atoms with Crippen LogP contribution in [-0.2, 0) is 9.59 Å². The van der Waals surface area contributed by atoms with Crippen molar-refractivity contribution in [2.24, 2.45) is 11.7 Å². The molecule has 1 aliphatic rings. The van der Waals surface area contributed by atoms with Crippen molar-refractivity contribution >= 4 is 11.9 Å². The second-order valence-corrected chi connectivity index (χ2v) is 5.77. The fourth-order valence-electron chi connectivity index (χ4n) is 2.01. The third-order valence-corrected chi connectivity index (χ3v) is 3.59. The van der Waals surface area contributed by atoms with Crippen LogP contribution in [0.1, 0.15) is 25.5 Å². The Labute approximate surface area is 149 Å². The molecule has 0 aliphatic heterocycles. The molecule has 0 heterocycles. The maximum atomic E-state index is 13.3. The Balaban J connectivity index is 0.000000314. The maximum Gasteiger partial charge on any atom is 0.325 e. The van der Waals surface area contributed by atoms with E-state index in [0.29, 0.717) is 6.08 Å². The highest BCUT2D eigenvalue weighted by molar-refractivity contribution is 5.87. The molecule has 1 aromatic rings. The first-order valence-electron chi connectivity index (χ1n) is 7.83. The summed E-state index contributed by atoms with van der Waals surface area (Å²) in [6, 6.07) is 8.89. The van der Waals surface area contributed by atoms with Crippen LogP contribution in [0.3, 0.4) is 0 Å². The molecule has 1 amide bonds. The molecule has 0 aromatic heterocycles. The fourth-order valence-corrected chi connectivity index (χ4v) is 2.01. The van der Waals surface area contributed by atoms with Crippen LogP contribution < -0.4 is 11.1 Å². The summed E-state index contributed by atoms with van der Waals surface area (Å²) in [4.78, 5) is 21.8. The smallest absolute Gasteiger partial charge is 0.325 e. The number of hydrogen-bond acceptors (Lipinski definition) is 3. The van der Waals surface area contributed by atoms with Gasteiger partial charge >= 0.3 is 11.9 Å². The van der Waals surface area contributed by atoms with Gasteiger partial charge in [-0.3, -0.25) is 9.59 Å². The van der Waals surface area contributed by atoms with E-state index in [1.54, 1.807) is 0 Å². The highest BCUT2D eigenvalue weighted by Gasteiger charge is 2.48. The lowest BCUT2D eigenvalue weighted by molar-refractivity contribution is -0.144. The maximum absolute atomic E-state index is 13.3. The lowest BCUT2D eigenvalue weighted by atomic mass is 9.94. The molecule has 142 valence electrons. The van der Waals surface area contributed by atoms with Gasteiger partial charge in [-0.2, -0.15) is 8.78 Å². The number of rotatable bonds is 4. The summed E-state index contributed by atoms with van der Waals surface area (Å²) in [6.45, 7) is 3.10. The SMILES string of the molecule is C[C@@H](N)c1ccccc1.C[C@H](NC(=O)C1C=CC=C(F)C1(F)F)C(=O)O. The van der Waals surface area contributed by atoms with Gasteiger partial charge in [0.2, 0.25) is 5.91 Å². The van der Waals surface area contributed by atoms with Crippen LogP contribution in [0.5, 0.6) is 0 Å². The number of aliphatic carboxylic acids is 1. The summed E-state index contributed by atoms with van der Waals surface area (Å²) in [5.74, 6) is -10.3. The molecular formula is C18H21F3N2O3. The average Bonchev–Trinajstić information content (AvgIpc) is 2.58. The van der Waals surface area contributed by atoms with Crippen molar-refractivity contribution in [1.29, 1.82) is 0 Å². The molecule has 0 bridgehead atoms. The van der Waals surface area contributed by atoms with Crippen molar-refractivity contribution in [2.75, 3.05) is 0 Å². The minimum absolute atomic E-state index is 0.159. The summed E-state index contributed by atoms with van der Waals surface area (Å²) in [7, 11) is 0. The highest BCUT2D eigenvalue weighted by atomic mass is 19.3. The Kier molecular flexibility index (Phi) is 7.57. The second kappa shape index (κ2) is 9.19.